The highest BCUT2D eigenvalue weighted by molar-refractivity contribution is 7.89. The van der Waals surface area contributed by atoms with Gasteiger partial charge in [0.1, 0.15) is 6.04 Å². The molecule has 1 amide bonds. The summed E-state index contributed by atoms with van der Waals surface area (Å²) in [4.78, 5) is 23.6. The molecule has 134 valence electrons. The number of nitrogens with zero attached hydrogens (tertiary/aromatic N) is 1. The van der Waals surface area contributed by atoms with Crippen molar-refractivity contribution in [2.24, 2.45) is 5.92 Å². The van der Waals surface area contributed by atoms with Crippen molar-refractivity contribution in [3.05, 3.63) is 28.8 Å². The van der Waals surface area contributed by atoms with Crippen molar-refractivity contribution < 1.29 is 23.1 Å². The van der Waals surface area contributed by atoms with E-state index in [0.29, 0.717) is 6.42 Å². The molecule has 0 saturated carbocycles. The largest absolute Gasteiger partial charge is 0.480 e. The van der Waals surface area contributed by atoms with Gasteiger partial charge in [0.25, 0.3) is 5.91 Å². The number of carboxylic acids is 1. The molecule has 1 aromatic rings. The maximum absolute atomic E-state index is 12.4. The molecule has 0 saturated heterocycles. The van der Waals surface area contributed by atoms with Gasteiger partial charge >= 0.3 is 5.97 Å². The summed E-state index contributed by atoms with van der Waals surface area (Å²) in [6, 6.07) is 2.64. The number of sulfonamides is 1. The van der Waals surface area contributed by atoms with Crippen molar-refractivity contribution in [2.45, 2.75) is 31.2 Å². The number of hydrogen-bond donors (Lipinski definition) is 2. The van der Waals surface area contributed by atoms with Crippen LogP contribution < -0.4 is 5.32 Å². The van der Waals surface area contributed by atoms with Crippen molar-refractivity contribution in [1.82, 2.24) is 9.62 Å². The van der Waals surface area contributed by atoms with Crippen LogP contribution >= 0.6 is 11.6 Å². The van der Waals surface area contributed by atoms with Crippen LogP contribution in [0.15, 0.2) is 23.1 Å². The first-order chi connectivity index (χ1) is 11.0. The molecule has 0 unspecified atom stereocenters. The van der Waals surface area contributed by atoms with E-state index in [1.165, 1.54) is 26.2 Å². The molecule has 9 heteroatoms. The predicted octanol–water partition coefficient (Wildman–Crippen LogP) is 1.82. The third kappa shape index (κ3) is 4.46. The minimum Gasteiger partial charge on any atom is -0.480 e. The minimum absolute atomic E-state index is 0.0403. The Labute approximate surface area is 146 Å². The molecule has 0 fully saturated rings. The third-order valence-electron chi connectivity index (χ3n) is 3.73. The van der Waals surface area contributed by atoms with E-state index in [4.69, 9.17) is 11.6 Å². The van der Waals surface area contributed by atoms with Gasteiger partial charge < -0.3 is 10.4 Å². The number of carboxylic acid groups (broad SMARTS) is 1. The first-order valence-electron chi connectivity index (χ1n) is 7.28. The van der Waals surface area contributed by atoms with E-state index in [1.807, 2.05) is 6.92 Å². The Morgan fingerprint density at radius 2 is 1.92 bits per heavy atom. The lowest BCUT2D eigenvalue weighted by molar-refractivity contribution is -0.140. The quantitative estimate of drug-likeness (QED) is 0.755. The third-order valence-corrected chi connectivity index (χ3v) is 5.87. The van der Waals surface area contributed by atoms with E-state index in [1.54, 1.807) is 6.92 Å². The summed E-state index contributed by atoms with van der Waals surface area (Å²) in [5.74, 6) is -2.19. The van der Waals surface area contributed by atoms with Gasteiger partial charge in [0, 0.05) is 14.1 Å². The minimum atomic E-state index is -3.74. The summed E-state index contributed by atoms with van der Waals surface area (Å²) >= 11 is 5.98. The Morgan fingerprint density at radius 3 is 2.38 bits per heavy atom. The topological polar surface area (TPSA) is 104 Å². The number of benzene rings is 1. The first kappa shape index (κ1) is 20.4. The van der Waals surface area contributed by atoms with Gasteiger partial charge in [0.2, 0.25) is 10.0 Å². The Balaban J connectivity index is 3.22. The van der Waals surface area contributed by atoms with Gasteiger partial charge in [-0.25, -0.2) is 17.5 Å². The highest BCUT2D eigenvalue weighted by atomic mass is 35.5. The lowest BCUT2D eigenvalue weighted by Crippen LogP contribution is -2.45. The van der Waals surface area contributed by atoms with Gasteiger partial charge in [-0.15, -0.1) is 0 Å². The van der Waals surface area contributed by atoms with E-state index in [-0.39, 0.29) is 21.4 Å². The van der Waals surface area contributed by atoms with Crippen molar-refractivity contribution in [3.63, 3.8) is 0 Å². The fourth-order valence-corrected chi connectivity index (χ4v) is 3.08. The number of carbonyl (C=O) groups excluding carboxylic acids is 1. The van der Waals surface area contributed by atoms with Gasteiger partial charge in [-0.3, -0.25) is 4.79 Å². The molecule has 0 aromatic heterocycles. The Kier molecular flexibility index (Phi) is 6.76. The molecule has 0 aliphatic carbocycles. The van der Waals surface area contributed by atoms with Crippen LogP contribution in [0.3, 0.4) is 0 Å². The number of hydrogen-bond acceptors (Lipinski definition) is 4. The molecule has 7 nitrogen and oxygen atoms in total. The lowest BCUT2D eigenvalue weighted by atomic mass is 9.99. The van der Waals surface area contributed by atoms with Crippen LogP contribution in [0.5, 0.6) is 0 Å². The fourth-order valence-electron chi connectivity index (χ4n) is 1.95. The zero-order chi connectivity index (χ0) is 18.7. The molecule has 24 heavy (non-hydrogen) atoms. The van der Waals surface area contributed by atoms with Crippen LogP contribution in [0.1, 0.15) is 30.6 Å². The molecule has 1 aromatic carbocycles. The zero-order valence-electron chi connectivity index (χ0n) is 13.9. The lowest BCUT2D eigenvalue weighted by Gasteiger charge is -2.20. The van der Waals surface area contributed by atoms with Gasteiger partial charge in [0.05, 0.1) is 15.5 Å². The molecule has 0 aliphatic rings. The molecule has 0 heterocycles. The predicted molar refractivity (Wildman–Crippen MR) is 90.7 cm³/mol. The average molecular weight is 377 g/mol. The van der Waals surface area contributed by atoms with Crippen LogP contribution in [0, 0.1) is 5.92 Å². The monoisotopic (exact) mass is 376 g/mol. The van der Waals surface area contributed by atoms with Crippen LogP contribution in [-0.2, 0) is 14.8 Å². The molecule has 0 spiro atoms. The van der Waals surface area contributed by atoms with Crippen molar-refractivity contribution in [2.75, 3.05) is 14.1 Å². The molecule has 0 aliphatic heterocycles. The molecule has 2 N–H and O–H groups in total. The van der Waals surface area contributed by atoms with Gasteiger partial charge in [-0.05, 0) is 24.1 Å². The first-order valence-corrected chi connectivity index (χ1v) is 9.09. The van der Waals surface area contributed by atoms with Crippen LogP contribution in [0.2, 0.25) is 5.02 Å². The van der Waals surface area contributed by atoms with Crippen LogP contribution in [-0.4, -0.2) is 49.8 Å². The molecule has 2 atom stereocenters. The second-order valence-electron chi connectivity index (χ2n) is 5.60. The number of carbonyl (C=O) groups is 2. The van der Waals surface area contributed by atoms with Crippen molar-refractivity contribution in [3.8, 4) is 0 Å². The van der Waals surface area contributed by atoms with Crippen molar-refractivity contribution in [1.29, 1.82) is 0 Å². The normalized spacial score (nSPS) is 14.2. The fraction of sp³-hybridized carbons (Fsp3) is 0.467. The smallest absolute Gasteiger partial charge is 0.326 e. The van der Waals surface area contributed by atoms with Gasteiger partial charge in [-0.2, -0.15) is 0 Å². The molecule has 1 rings (SSSR count). The van der Waals surface area contributed by atoms with Crippen LogP contribution in [0.4, 0.5) is 0 Å². The second kappa shape index (κ2) is 7.96. The highest BCUT2D eigenvalue weighted by Gasteiger charge is 2.27. The molecule has 0 bridgehead atoms. The zero-order valence-corrected chi connectivity index (χ0v) is 15.5. The number of nitrogens with one attached hydrogen (secondary N) is 1. The Morgan fingerprint density at radius 1 is 1.33 bits per heavy atom. The molecular weight excluding hydrogens is 356 g/mol. The summed E-state index contributed by atoms with van der Waals surface area (Å²) in [5.41, 5.74) is -0.0888. The Bertz CT molecular complexity index is 733. The van der Waals surface area contributed by atoms with E-state index in [0.717, 1.165) is 10.4 Å². The number of rotatable bonds is 7. The second-order valence-corrected chi connectivity index (χ2v) is 8.16. The van der Waals surface area contributed by atoms with Gasteiger partial charge in [0.15, 0.2) is 0 Å². The highest BCUT2D eigenvalue weighted by Crippen LogP contribution is 2.22. The molecule has 0 radical (unpaired) electrons. The standard InChI is InChI=1S/C15H21ClN2O5S/c1-5-9(2)13(15(20)21)17-14(19)11-8-10(6-7-12(11)16)24(22,23)18(3)4/h6-9,13H,5H2,1-4H3,(H,17,19)(H,20,21)/t9-,13+/m1/s1. The molecular formula is C15H21ClN2O5S. The van der Waals surface area contributed by atoms with E-state index in [9.17, 15) is 23.1 Å². The van der Waals surface area contributed by atoms with E-state index >= 15 is 0 Å². The summed E-state index contributed by atoms with van der Waals surface area (Å²) in [6.07, 6.45) is 0.556. The summed E-state index contributed by atoms with van der Waals surface area (Å²) in [5, 5.41) is 11.7. The van der Waals surface area contributed by atoms with Gasteiger partial charge in [-0.1, -0.05) is 31.9 Å². The maximum Gasteiger partial charge on any atom is 0.326 e. The van der Waals surface area contributed by atoms with Crippen LogP contribution in [0.25, 0.3) is 0 Å². The number of amides is 1. The van der Waals surface area contributed by atoms with E-state index in [2.05, 4.69) is 5.32 Å². The Hall–Kier alpha value is -1.64. The maximum atomic E-state index is 12.4. The number of halogens is 1. The number of aliphatic carboxylic acids is 1. The summed E-state index contributed by atoms with van der Waals surface area (Å²) < 4.78 is 25.3. The SMILES string of the molecule is CC[C@@H](C)[C@H](NC(=O)c1cc(S(=O)(=O)N(C)C)ccc1Cl)C(=O)O. The van der Waals surface area contributed by atoms with Crippen molar-refractivity contribution >= 4 is 33.5 Å². The average Bonchev–Trinajstić information content (AvgIpc) is 2.51. The van der Waals surface area contributed by atoms with E-state index < -0.39 is 27.9 Å². The summed E-state index contributed by atoms with van der Waals surface area (Å²) in [6.45, 7) is 3.51. The summed E-state index contributed by atoms with van der Waals surface area (Å²) in [7, 11) is -1.00.